The Kier molecular flexibility index (Phi) is 2.58. The van der Waals surface area contributed by atoms with Crippen molar-refractivity contribution in [1.82, 2.24) is 4.58 Å². The zero-order chi connectivity index (χ0) is 4.28. The van der Waals surface area contributed by atoms with Crippen LogP contribution in [0.1, 0.15) is 0 Å². The Morgan fingerprint density at radius 1 is 2.00 bits per heavy atom. The molecule has 0 spiro atoms. The van der Waals surface area contributed by atoms with Crippen molar-refractivity contribution in [3.05, 3.63) is 0 Å². The number of nitrogens with zero attached hydrogens (tertiary/aromatic N) is 1. The molecule has 0 rings (SSSR count). The van der Waals surface area contributed by atoms with Crippen LogP contribution in [0.3, 0.4) is 0 Å². The minimum absolute atomic E-state index is 0.542. The lowest BCUT2D eigenvalue weighted by Crippen LogP contribution is -2.16. The number of nitrogens with two attached hydrogens (primary N) is 1. The highest BCUT2D eigenvalue weighted by Crippen LogP contribution is 1.86. The summed E-state index contributed by atoms with van der Waals surface area (Å²) in [5.41, 5.74) is 0. The van der Waals surface area contributed by atoms with Crippen LogP contribution in [0, 0.1) is 0 Å². The smallest absolute Gasteiger partial charge is 0.000135 e. The minimum atomic E-state index is 0.542. The molecule has 0 saturated heterocycles. The van der Waals surface area contributed by atoms with Crippen molar-refractivity contribution >= 4 is 11.9 Å². The second-order valence-electron chi connectivity index (χ2n) is 0.485. The van der Waals surface area contributed by atoms with Gasteiger partial charge in [0.25, 0.3) is 0 Å². The largest absolute Gasteiger partial charge is 0.289 e. The van der Waals surface area contributed by atoms with Gasteiger partial charge in [-0.3, -0.25) is 5.21 Å². The molecular formula is CH6N2OS. The third-order valence-electron chi connectivity index (χ3n) is 0.187. The van der Waals surface area contributed by atoms with Gasteiger partial charge in [0, 0.05) is 6.26 Å². The van der Waals surface area contributed by atoms with Gasteiger partial charge in [-0.05, 0) is 11.9 Å². The van der Waals surface area contributed by atoms with E-state index in [2.05, 4.69) is 5.84 Å². The van der Waals surface area contributed by atoms with Gasteiger partial charge in [-0.15, -0.1) is 0 Å². The molecule has 0 aromatic heterocycles. The Morgan fingerprint density at radius 2 is 2.20 bits per heavy atom. The van der Waals surface area contributed by atoms with Crippen LogP contribution in [0.15, 0.2) is 0 Å². The summed E-state index contributed by atoms with van der Waals surface area (Å²) in [6, 6.07) is 0. The summed E-state index contributed by atoms with van der Waals surface area (Å²) in [4.78, 5) is 0. The standard InChI is InChI=1S/CH6N2OS/c1-5-3(2)4/h4H,2H2,1H3. The van der Waals surface area contributed by atoms with Gasteiger partial charge in [-0.25, -0.2) is 5.84 Å². The maximum absolute atomic E-state index is 7.94. The topological polar surface area (TPSA) is 49.5 Å². The van der Waals surface area contributed by atoms with E-state index < -0.39 is 0 Å². The Bertz CT molecular complexity index is 23.6. The van der Waals surface area contributed by atoms with Crippen molar-refractivity contribution < 1.29 is 5.21 Å². The van der Waals surface area contributed by atoms with Crippen molar-refractivity contribution in [2.75, 3.05) is 6.26 Å². The number of hydrazine groups is 1. The molecule has 0 atom stereocenters. The van der Waals surface area contributed by atoms with Gasteiger partial charge in [0.05, 0.1) is 0 Å². The van der Waals surface area contributed by atoms with Crippen LogP contribution in [0.4, 0.5) is 0 Å². The number of hydrogen-bond acceptors (Lipinski definition) is 4. The molecule has 3 N–H and O–H groups in total. The summed E-state index contributed by atoms with van der Waals surface area (Å²) >= 11 is 1.05. The monoisotopic (exact) mass is 94.0 g/mol. The Balaban J connectivity index is 2.54. The maximum Gasteiger partial charge on any atom is 0.000135 e. The molecule has 0 amide bonds. The first kappa shape index (κ1) is 5.23. The highest BCUT2D eigenvalue weighted by atomic mass is 32.2. The SMILES string of the molecule is CSN(N)O. The second-order valence-corrected chi connectivity index (χ2v) is 1.22. The molecule has 0 saturated carbocycles. The van der Waals surface area contributed by atoms with Gasteiger partial charge >= 0.3 is 0 Å². The summed E-state index contributed by atoms with van der Waals surface area (Å²) in [5.74, 6) is 4.64. The van der Waals surface area contributed by atoms with Crippen LogP contribution in [0.25, 0.3) is 0 Å². The predicted molar refractivity (Wildman–Crippen MR) is 21.3 cm³/mol. The fourth-order valence-electron chi connectivity index (χ4n) is 0. The van der Waals surface area contributed by atoms with Crippen LogP contribution in [0.5, 0.6) is 0 Å². The fourth-order valence-corrected chi connectivity index (χ4v) is 0. The van der Waals surface area contributed by atoms with Crippen LogP contribution in [0.2, 0.25) is 0 Å². The second kappa shape index (κ2) is 2.47. The van der Waals surface area contributed by atoms with E-state index in [4.69, 9.17) is 5.21 Å². The first-order valence-corrected chi connectivity index (χ1v) is 2.23. The molecule has 0 bridgehead atoms. The van der Waals surface area contributed by atoms with Gasteiger partial charge in [-0.2, -0.15) is 0 Å². The Hall–Kier alpha value is 0.230. The van der Waals surface area contributed by atoms with Crippen molar-refractivity contribution in [3.8, 4) is 0 Å². The van der Waals surface area contributed by atoms with Gasteiger partial charge in [-0.1, -0.05) is 4.58 Å². The first-order valence-electron chi connectivity index (χ1n) is 1.05. The first-order chi connectivity index (χ1) is 2.27. The van der Waals surface area contributed by atoms with Crippen molar-refractivity contribution in [2.45, 2.75) is 0 Å². The molecule has 32 valence electrons. The van der Waals surface area contributed by atoms with E-state index >= 15 is 0 Å². The average molecular weight is 94.1 g/mol. The maximum atomic E-state index is 7.94. The predicted octanol–water partition coefficient (Wildman–Crippen LogP) is -0.171. The number of hydrogen-bond donors (Lipinski definition) is 2. The average Bonchev–Trinajstić information content (AvgIpc) is 1.38. The molecule has 4 heteroatoms. The molecule has 3 nitrogen and oxygen atoms in total. The molecule has 0 aromatic carbocycles. The number of rotatable bonds is 1. The van der Waals surface area contributed by atoms with Crippen LogP contribution >= 0.6 is 11.9 Å². The van der Waals surface area contributed by atoms with Gasteiger partial charge < -0.3 is 0 Å². The van der Waals surface area contributed by atoms with Gasteiger partial charge in [0.2, 0.25) is 0 Å². The molecule has 5 heavy (non-hydrogen) atoms. The summed E-state index contributed by atoms with van der Waals surface area (Å²) in [5, 5.41) is 7.94. The van der Waals surface area contributed by atoms with Crippen molar-refractivity contribution in [1.29, 1.82) is 0 Å². The summed E-state index contributed by atoms with van der Waals surface area (Å²) < 4.78 is 0.542. The third kappa shape index (κ3) is 4.23. The molecule has 0 radical (unpaired) electrons. The molecule has 0 aliphatic rings. The molecule has 0 fully saturated rings. The van der Waals surface area contributed by atoms with E-state index in [0.717, 1.165) is 11.9 Å². The van der Waals surface area contributed by atoms with Crippen LogP contribution in [-0.4, -0.2) is 16.0 Å². The zero-order valence-corrected chi connectivity index (χ0v) is 3.70. The highest BCUT2D eigenvalue weighted by Gasteiger charge is 1.75. The normalized spacial score (nSPS) is 9.60. The van der Waals surface area contributed by atoms with E-state index in [1.54, 1.807) is 6.26 Å². The van der Waals surface area contributed by atoms with Crippen molar-refractivity contribution in [3.63, 3.8) is 0 Å². The summed E-state index contributed by atoms with van der Waals surface area (Å²) in [7, 11) is 0. The summed E-state index contributed by atoms with van der Waals surface area (Å²) in [6.45, 7) is 0. The van der Waals surface area contributed by atoms with E-state index in [9.17, 15) is 0 Å². The van der Waals surface area contributed by atoms with E-state index in [1.165, 1.54) is 0 Å². The fraction of sp³-hybridized carbons (Fsp3) is 1.00. The lowest BCUT2D eigenvalue weighted by atomic mass is 12.0. The molecule has 0 aromatic rings. The van der Waals surface area contributed by atoms with Gasteiger partial charge in [0.1, 0.15) is 0 Å². The van der Waals surface area contributed by atoms with Gasteiger partial charge in [0.15, 0.2) is 0 Å². The molecular weight excluding hydrogens is 88.1 g/mol. The molecule has 0 unspecified atom stereocenters. The molecule has 0 heterocycles. The van der Waals surface area contributed by atoms with Crippen LogP contribution < -0.4 is 5.84 Å². The highest BCUT2D eigenvalue weighted by molar-refractivity contribution is 7.96. The summed E-state index contributed by atoms with van der Waals surface area (Å²) in [6.07, 6.45) is 1.67. The third-order valence-corrected chi connectivity index (χ3v) is 0.561. The lowest BCUT2D eigenvalue weighted by molar-refractivity contribution is 0.0170. The Morgan fingerprint density at radius 3 is 2.20 bits per heavy atom. The quantitative estimate of drug-likeness (QED) is 0.269. The van der Waals surface area contributed by atoms with E-state index in [-0.39, 0.29) is 0 Å². The molecule has 0 aliphatic carbocycles. The molecule has 0 aliphatic heterocycles. The zero-order valence-electron chi connectivity index (χ0n) is 2.88. The van der Waals surface area contributed by atoms with E-state index in [0.29, 0.717) is 4.58 Å². The van der Waals surface area contributed by atoms with Crippen LogP contribution in [-0.2, 0) is 0 Å². The Labute approximate surface area is 34.8 Å². The van der Waals surface area contributed by atoms with Crippen molar-refractivity contribution in [2.24, 2.45) is 5.84 Å². The van der Waals surface area contributed by atoms with E-state index in [1.807, 2.05) is 0 Å². The lowest BCUT2D eigenvalue weighted by Gasteiger charge is -1.96. The minimum Gasteiger partial charge on any atom is -0.289 e.